The first kappa shape index (κ1) is 12.8. The summed E-state index contributed by atoms with van der Waals surface area (Å²) in [4.78, 5) is 8.21. The van der Waals surface area contributed by atoms with Crippen LogP contribution in [0.4, 0.5) is 11.6 Å². The fourth-order valence-corrected chi connectivity index (χ4v) is 1.71. The Hall–Kier alpha value is -2.61. The lowest BCUT2D eigenvalue weighted by atomic mass is 10.1. The Morgan fingerprint density at radius 3 is 2.68 bits per heavy atom. The van der Waals surface area contributed by atoms with E-state index in [1.165, 1.54) is 11.9 Å². The van der Waals surface area contributed by atoms with Crippen molar-refractivity contribution >= 4 is 11.6 Å². The Kier molecular flexibility index (Phi) is 4.29. The van der Waals surface area contributed by atoms with Gasteiger partial charge >= 0.3 is 0 Å². The fraction of sp³-hybridized carbons (Fsp3) is 0.214. The molecule has 96 valence electrons. The van der Waals surface area contributed by atoms with Crippen LogP contribution in [-0.2, 0) is 0 Å². The van der Waals surface area contributed by atoms with Crippen LogP contribution < -0.4 is 10.6 Å². The van der Waals surface area contributed by atoms with Crippen LogP contribution in [0.1, 0.15) is 18.5 Å². The molecule has 5 heteroatoms. The minimum Gasteiger partial charge on any atom is -0.363 e. The van der Waals surface area contributed by atoms with Gasteiger partial charge in [-0.05, 0) is 12.5 Å². The first-order valence-electron chi connectivity index (χ1n) is 6.04. The third-order valence-electron chi connectivity index (χ3n) is 2.68. The second kappa shape index (κ2) is 6.36. The standard InChI is InChI=1S/C14H15N5/c1-11(12-5-3-2-4-6-12)19-14-9-13(16-8-7-15)17-10-18-14/h2-6,9-11H,8H2,1H3,(H2,16,17,18,19). The van der Waals surface area contributed by atoms with Gasteiger partial charge in [0.1, 0.15) is 24.5 Å². The van der Waals surface area contributed by atoms with Gasteiger partial charge < -0.3 is 10.6 Å². The van der Waals surface area contributed by atoms with Crippen molar-refractivity contribution < 1.29 is 0 Å². The van der Waals surface area contributed by atoms with Gasteiger partial charge in [-0.15, -0.1) is 0 Å². The van der Waals surface area contributed by atoms with E-state index in [0.717, 1.165) is 5.82 Å². The number of anilines is 2. The normalized spacial score (nSPS) is 11.4. The Balaban J connectivity index is 2.05. The predicted molar refractivity (Wildman–Crippen MR) is 74.6 cm³/mol. The lowest BCUT2D eigenvalue weighted by Gasteiger charge is -2.15. The molecule has 1 unspecified atom stereocenters. The molecule has 5 nitrogen and oxygen atoms in total. The molecule has 0 saturated carbocycles. The van der Waals surface area contributed by atoms with E-state index in [0.29, 0.717) is 5.82 Å². The smallest absolute Gasteiger partial charge is 0.132 e. The topological polar surface area (TPSA) is 73.6 Å². The summed E-state index contributed by atoms with van der Waals surface area (Å²) in [6, 6.07) is 14.1. The van der Waals surface area contributed by atoms with Gasteiger partial charge in [-0.1, -0.05) is 30.3 Å². The van der Waals surface area contributed by atoms with E-state index < -0.39 is 0 Å². The van der Waals surface area contributed by atoms with Crippen LogP contribution in [0.25, 0.3) is 0 Å². The summed E-state index contributed by atoms with van der Waals surface area (Å²) in [5, 5.41) is 14.7. The summed E-state index contributed by atoms with van der Waals surface area (Å²) in [6.45, 7) is 2.30. The lowest BCUT2D eigenvalue weighted by molar-refractivity contribution is 0.872. The maximum atomic E-state index is 8.52. The average Bonchev–Trinajstić information content (AvgIpc) is 2.46. The number of nitriles is 1. The van der Waals surface area contributed by atoms with E-state index >= 15 is 0 Å². The summed E-state index contributed by atoms with van der Waals surface area (Å²) in [6.07, 6.45) is 1.47. The minimum absolute atomic E-state index is 0.153. The molecule has 0 aliphatic carbocycles. The van der Waals surface area contributed by atoms with E-state index in [4.69, 9.17) is 5.26 Å². The molecule has 1 heterocycles. The van der Waals surface area contributed by atoms with Crippen molar-refractivity contribution in [3.63, 3.8) is 0 Å². The molecular weight excluding hydrogens is 238 g/mol. The molecule has 0 radical (unpaired) electrons. The SMILES string of the molecule is CC(Nc1cc(NCC#N)ncn1)c1ccccc1. The molecule has 1 atom stereocenters. The molecule has 0 amide bonds. The summed E-state index contributed by atoms with van der Waals surface area (Å²) < 4.78 is 0. The molecular formula is C14H15N5. The zero-order valence-corrected chi connectivity index (χ0v) is 10.7. The third-order valence-corrected chi connectivity index (χ3v) is 2.68. The molecule has 0 spiro atoms. The van der Waals surface area contributed by atoms with Crippen LogP contribution >= 0.6 is 0 Å². The third kappa shape index (κ3) is 3.68. The van der Waals surface area contributed by atoms with Crippen LogP contribution in [0, 0.1) is 11.3 Å². The maximum absolute atomic E-state index is 8.52. The highest BCUT2D eigenvalue weighted by Crippen LogP contribution is 2.18. The highest BCUT2D eigenvalue weighted by molar-refractivity contribution is 5.48. The molecule has 0 saturated heterocycles. The average molecular weight is 253 g/mol. The number of nitrogens with one attached hydrogen (secondary N) is 2. The number of aromatic nitrogens is 2. The Labute approximate surface area is 112 Å². The van der Waals surface area contributed by atoms with Crippen LogP contribution in [-0.4, -0.2) is 16.5 Å². The molecule has 2 N–H and O–H groups in total. The number of hydrogen-bond acceptors (Lipinski definition) is 5. The van der Waals surface area contributed by atoms with Crippen LogP contribution in [0.15, 0.2) is 42.7 Å². The molecule has 0 aliphatic rings. The molecule has 0 bridgehead atoms. The highest BCUT2D eigenvalue weighted by atomic mass is 15.1. The summed E-state index contributed by atoms with van der Waals surface area (Å²) in [5.41, 5.74) is 1.19. The van der Waals surface area contributed by atoms with Crippen molar-refractivity contribution in [1.29, 1.82) is 5.26 Å². The zero-order valence-electron chi connectivity index (χ0n) is 10.7. The fourth-order valence-electron chi connectivity index (χ4n) is 1.71. The van der Waals surface area contributed by atoms with Crippen molar-refractivity contribution in [1.82, 2.24) is 9.97 Å². The highest BCUT2D eigenvalue weighted by Gasteiger charge is 2.06. The van der Waals surface area contributed by atoms with E-state index in [-0.39, 0.29) is 12.6 Å². The first-order valence-corrected chi connectivity index (χ1v) is 6.04. The Morgan fingerprint density at radius 2 is 1.95 bits per heavy atom. The van der Waals surface area contributed by atoms with Crippen molar-refractivity contribution in [3.05, 3.63) is 48.3 Å². The van der Waals surface area contributed by atoms with Crippen molar-refractivity contribution in [2.75, 3.05) is 17.2 Å². The van der Waals surface area contributed by atoms with E-state index in [2.05, 4.69) is 39.7 Å². The van der Waals surface area contributed by atoms with Crippen molar-refractivity contribution in [2.45, 2.75) is 13.0 Å². The van der Waals surface area contributed by atoms with E-state index in [9.17, 15) is 0 Å². The Bertz CT molecular complexity index is 562. The van der Waals surface area contributed by atoms with Gasteiger partial charge in [0, 0.05) is 12.1 Å². The second-order valence-electron chi connectivity index (χ2n) is 4.08. The van der Waals surface area contributed by atoms with Gasteiger partial charge in [-0.2, -0.15) is 5.26 Å². The largest absolute Gasteiger partial charge is 0.363 e. The summed E-state index contributed by atoms with van der Waals surface area (Å²) in [7, 11) is 0. The number of nitrogens with zero attached hydrogens (tertiary/aromatic N) is 3. The van der Waals surface area contributed by atoms with Gasteiger partial charge in [-0.3, -0.25) is 0 Å². The Morgan fingerprint density at radius 1 is 1.21 bits per heavy atom. The molecule has 2 rings (SSSR count). The monoisotopic (exact) mass is 253 g/mol. The van der Waals surface area contributed by atoms with Crippen molar-refractivity contribution in [3.8, 4) is 6.07 Å². The molecule has 0 fully saturated rings. The summed E-state index contributed by atoms with van der Waals surface area (Å²) >= 11 is 0. The minimum atomic E-state index is 0.153. The molecule has 0 aliphatic heterocycles. The van der Waals surface area contributed by atoms with Gasteiger partial charge in [-0.25, -0.2) is 9.97 Å². The molecule has 1 aromatic heterocycles. The molecule has 1 aromatic carbocycles. The van der Waals surface area contributed by atoms with Crippen LogP contribution in [0.2, 0.25) is 0 Å². The zero-order chi connectivity index (χ0) is 13.5. The van der Waals surface area contributed by atoms with Gasteiger partial charge in [0.05, 0.1) is 6.07 Å². The molecule has 2 aromatic rings. The number of hydrogen-bond donors (Lipinski definition) is 2. The molecule has 19 heavy (non-hydrogen) atoms. The van der Waals surface area contributed by atoms with Crippen LogP contribution in [0.5, 0.6) is 0 Å². The van der Waals surface area contributed by atoms with Gasteiger partial charge in [0.15, 0.2) is 0 Å². The van der Waals surface area contributed by atoms with E-state index in [1.807, 2.05) is 24.3 Å². The quantitative estimate of drug-likeness (QED) is 0.801. The summed E-state index contributed by atoms with van der Waals surface area (Å²) in [5.74, 6) is 1.37. The lowest BCUT2D eigenvalue weighted by Crippen LogP contribution is -2.09. The second-order valence-corrected chi connectivity index (χ2v) is 4.08. The van der Waals surface area contributed by atoms with E-state index in [1.54, 1.807) is 6.07 Å². The van der Waals surface area contributed by atoms with Gasteiger partial charge in [0.25, 0.3) is 0 Å². The number of rotatable bonds is 5. The first-order chi connectivity index (χ1) is 9.29. The van der Waals surface area contributed by atoms with Gasteiger partial charge in [0.2, 0.25) is 0 Å². The van der Waals surface area contributed by atoms with Crippen molar-refractivity contribution in [2.24, 2.45) is 0 Å². The van der Waals surface area contributed by atoms with Crippen LogP contribution in [0.3, 0.4) is 0 Å². The number of benzene rings is 1. The maximum Gasteiger partial charge on any atom is 0.132 e. The predicted octanol–water partition coefficient (Wildman–Crippen LogP) is 2.59.